The molecule has 0 saturated carbocycles. The average Bonchev–Trinajstić information content (AvgIpc) is 2.03. The monoisotopic (exact) mass is 257 g/mol. The Labute approximate surface area is 80.1 Å². The van der Waals surface area contributed by atoms with Gasteiger partial charge in [0.2, 0.25) is 0 Å². The summed E-state index contributed by atoms with van der Waals surface area (Å²) in [6.45, 7) is 0. The molecule has 0 saturated heterocycles. The molecule has 0 aliphatic carbocycles. The topological polar surface area (TPSA) is 12.0 Å². The summed E-state index contributed by atoms with van der Waals surface area (Å²) in [7, 11) is 0. The molecule has 0 aliphatic rings. The first-order valence-corrected chi connectivity index (χ1v) is 3.98. The predicted molar refractivity (Wildman–Crippen MR) is 44.0 cm³/mol. The SMILES string of the molecule is Fc1ccc(NBr)cc1C(F)(F)F. The number of hydrogen-bond acceptors (Lipinski definition) is 1. The van der Waals surface area contributed by atoms with E-state index < -0.39 is 17.6 Å². The Balaban J connectivity index is 3.19. The number of nitrogens with one attached hydrogen (secondary N) is 1. The molecule has 0 spiro atoms. The van der Waals surface area contributed by atoms with E-state index in [1.54, 1.807) is 0 Å². The van der Waals surface area contributed by atoms with E-state index in [4.69, 9.17) is 0 Å². The molecule has 0 amide bonds. The molecule has 0 aliphatic heterocycles. The van der Waals surface area contributed by atoms with Crippen molar-refractivity contribution in [3.05, 3.63) is 29.6 Å². The van der Waals surface area contributed by atoms with Crippen LogP contribution in [0.15, 0.2) is 18.2 Å². The second-order valence-electron chi connectivity index (χ2n) is 2.29. The molecule has 13 heavy (non-hydrogen) atoms. The number of rotatable bonds is 1. The number of halogens is 5. The van der Waals surface area contributed by atoms with Crippen LogP contribution in [0.1, 0.15) is 5.56 Å². The van der Waals surface area contributed by atoms with Crippen LogP contribution in [0.4, 0.5) is 23.2 Å². The Hall–Kier alpha value is -0.780. The Bertz CT molecular complexity index is 310. The van der Waals surface area contributed by atoms with Crippen LogP contribution in [-0.4, -0.2) is 0 Å². The van der Waals surface area contributed by atoms with Gasteiger partial charge in [0.15, 0.2) is 0 Å². The van der Waals surface area contributed by atoms with Crippen molar-refractivity contribution < 1.29 is 17.6 Å². The molecule has 6 heteroatoms. The fourth-order valence-corrected chi connectivity index (χ4v) is 1.05. The third-order valence-corrected chi connectivity index (χ3v) is 1.84. The normalized spacial score (nSPS) is 11.5. The van der Waals surface area contributed by atoms with E-state index >= 15 is 0 Å². The van der Waals surface area contributed by atoms with Crippen LogP contribution >= 0.6 is 16.1 Å². The zero-order valence-corrected chi connectivity index (χ0v) is 7.71. The maximum atomic E-state index is 12.6. The number of hydrogen-bond donors (Lipinski definition) is 1. The molecule has 0 heterocycles. The molecule has 0 radical (unpaired) electrons. The van der Waals surface area contributed by atoms with Gasteiger partial charge in [-0.1, -0.05) is 0 Å². The lowest BCUT2D eigenvalue weighted by molar-refractivity contribution is -0.139. The zero-order chi connectivity index (χ0) is 10.1. The first kappa shape index (κ1) is 10.3. The third-order valence-electron chi connectivity index (χ3n) is 1.38. The van der Waals surface area contributed by atoms with E-state index in [9.17, 15) is 17.6 Å². The first-order chi connectivity index (χ1) is 5.95. The predicted octanol–water partition coefficient (Wildman–Crippen LogP) is 3.57. The highest BCUT2D eigenvalue weighted by atomic mass is 79.9. The summed E-state index contributed by atoms with van der Waals surface area (Å²) in [6, 6.07) is 2.63. The van der Waals surface area contributed by atoms with Gasteiger partial charge in [-0.15, -0.1) is 0 Å². The maximum absolute atomic E-state index is 12.6. The summed E-state index contributed by atoms with van der Waals surface area (Å²) < 4.78 is 51.2. The maximum Gasteiger partial charge on any atom is 0.419 e. The van der Waals surface area contributed by atoms with Crippen LogP contribution in [0.2, 0.25) is 0 Å². The van der Waals surface area contributed by atoms with Gasteiger partial charge in [-0.2, -0.15) is 13.2 Å². The molecule has 0 fully saturated rings. The summed E-state index contributed by atoms with van der Waals surface area (Å²) in [5.74, 6) is -1.28. The van der Waals surface area contributed by atoms with Crippen molar-refractivity contribution in [2.24, 2.45) is 0 Å². The van der Waals surface area contributed by atoms with E-state index in [1.807, 2.05) is 0 Å². The lowest BCUT2D eigenvalue weighted by Gasteiger charge is -2.08. The van der Waals surface area contributed by atoms with Gasteiger partial charge in [0, 0.05) is 21.8 Å². The Kier molecular flexibility index (Phi) is 2.80. The number of benzene rings is 1. The Morgan fingerprint density at radius 3 is 2.31 bits per heavy atom. The van der Waals surface area contributed by atoms with Gasteiger partial charge in [-0.25, -0.2) is 4.39 Å². The van der Waals surface area contributed by atoms with Gasteiger partial charge in [-0.05, 0) is 18.2 Å². The lowest BCUT2D eigenvalue weighted by Crippen LogP contribution is -2.08. The summed E-state index contributed by atoms with van der Waals surface area (Å²) in [4.78, 5) is 0. The van der Waals surface area contributed by atoms with Crippen LogP contribution < -0.4 is 4.34 Å². The van der Waals surface area contributed by atoms with Gasteiger partial charge < -0.3 is 4.34 Å². The molecule has 0 bridgehead atoms. The molecular formula is C7H4BrF4N. The second-order valence-corrected chi connectivity index (χ2v) is 2.68. The van der Waals surface area contributed by atoms with Crippen LogP contribution in [-0.2, 0) is 6.18 Å². The molecule has 1 nitrogen and oxygen atoms in total. The van der Waals surface area contributed by atoms with Crippen LogP contribution in [0.3, 0.4) is 0 Å². The zero-order valence-electron chi connectivity index (χ0n) is 6.12. The average molecular weight is 258 g/mol. The third kappa shape index (κ3) is 2.33. The fraction of sp³-hybridized carbons (Fsp3) is 0.143. The molecule has 0 aromatic heterocycles. The van der Waals surface area contributed by atoms with Gasteiger partial charge in [0.1, 0.15) is 5.82 Å². The minimum atomic E-state index is -4.66. The molecule has 1 N–H and O–H groups in total. The molecule has 0 atom stereocenters. The number of anilines is 1. The minimum absolute atomic E-state index is 0.147. The van der Waals surface area contributed by atoms with Crippen LogP contribution in [0, 0.1) is 5.82 Å². The molecule has 1 aromatic carbocycles. The van der Waals surface area contributed by atoms with Gasteiger partial charge in [-0.3, -0.25) is 0 Å². The summed E-state index contributed by atoms with van der Waals surface area (Å²) in [5, 5.41) is 0. The van der Waals surface area contributed by atoms with Crippen molar-refractivity contribution in [1.82, 2.24) is 0 Å². The van der Waals surface area contributed by atoms with Crippen molar-refractivity contribution in [3.8, 4) is 0 Å². The minimum Gasteiger partial charge on any atom is -0.322 e. The highest BCUT2D eigenvalue weighted by Gasteiger charge is 2.34. The molecule has 0 unspecified atom stereocenters. The van der Waals surface area contributed by atoms with E-state index in [2.05, 4.69) is 20.5 Å². The number of alkyl halides is 3. The summed E-state index contributed by atoms with van der Waals surface area (Å²) in [5.41, 5.74) is -1.13. The standard InChI is InChI=1S/C7H4BrF4N/c8-13-4-1-2-6(9)5(3-4)7(10,11)12/h1-3,13H. The fourth-order valence-electron chi connectivity index (χ4n) is 0.801. The van der Waals surface area contributed by atoms with Crippen molar-refractivity contribution in [1.29, 1.82) is 0 Å². The first-order valence-electron chi connectivity index (χ1n) is 3.18. The lowest BCUT2D eigenvalue weighted by atomic mass is 10.2. The molecule has 1 aromatic rings. The van der Waals surface area contributed by atoms with Gasteiger partial charge in [0.05, 0.1) is 5.56 Å². The van der Waals surface area contributed by atoms with Crippen molar-refractivity contribution in [2.75, 3.05) is 4.34 Å². The quantitative estimate of drug-likeness (QED) is 0.599. The van der Waals surface area contributed by atoms with Crippen LogP contribution in [0.5, 0.6) is 0 Å². The Morgan fingerprint density at radius 1 is 1.23 bits per heavy atom. The molecule has 72 valence electrons. The molecule has 1 rings (SSSR count). The van der Waals surface area contributed by atoms with E-state index in [0.29, 0.717) is 6.07 Å². The van der Waals surface area contributed by atoms with E-state index in [1.165, 1.54) is 6.07 Å². The summed E-state index contributed by atoms with van der Waals surface area (Å²) >= 11 is 2.74. The van der Waals surface area contributed by atoms with Crippen LogP contribution in [0.25, 0.3) is 0 Å². The highest BCUT2D eigenvalue weighted by molar-refractivity contribution is 9.10. The van der Waals surface area contributed by atoms with Crippen molar-refractivity contribution in [3.63, 3.8) is 0 Å². The van der Waals surface area contributed by atoms with E-state index in [0.717, 1.165) is 6.07 Å². The van der Waals surface area contributed by atoms with Crippen molar-refractivity contribution >= 4 is 21.8 Å². The summed E-state index contributed by atoms with van der Waals surface area (Å²) in [6.07, 6.45) is -4.66. The highest BCUT2D eigenvalue weighted by Crippen LogP contribution is 2.33. The van der Waals surface area contributed by atoms with Gasteiger partial charge >= 0.3 is 6.18 Å². The van der Waals surface area contributed by atoms with E-state index in [-0.39, 0.29) is 5.69 Å². The largest absolute Gasteiger partial charge is 0.419 e. The van der Waals surface area contributed by atoms with Gasteiger partial charge in [0.25, 0.3) is 0 Å². The second kappa shape index (κ2) is 3.53. The Morgan fingerprint density at radius 2 is 1.85 bits per heavy atom. The van der Waals surface area contributed by atoms with Crippen molar-refractivity contribution in [2.45, 2.75) is 6.18 Å². The smallest absolute Gasteiger partial charge is 0.322 e. The molecular weight excluding hydrogens is 254 g/mol.